The number of anilines is 1. The third-order valence-corrected chi connectivity index (χ3v) is 2.01. The molecule has 1 amide bonds. The lowest BCUT2D eigenvalue weighted by molar-refractivity contribution is 0.101. The predicted octanol–water partition coefficient (Wildman–Crippen LogP) is 1.41. The van der Waals surface area contributed by atoms with Crippen molar-refractivity contribution in [2.75, 3.05) is 5.32 Å². The van der Waals surface area contributed by atoms with Crippen molar-refractivity contribution in [2.24, 2.45) is 0 Å². The molecule has 0 aliphatic carbocycles. The second kappa shape index (κ2) is 4.28. The first-order valence-electron chi connectivity index (χ1n) is 4.47. The van der Waals surface area contributed by atoms with E-state index < -0.39 is 5.91 Å². The molecule has 0 aromatic carbocycles. The van der Waals surface area contributed by atoms with Gasteiger partial charge in [-0.3, -0.25) is 9.89 Å². The van der Waals surface area contributed by atoms with Crippen LogP contribution in [0.4, 0.5) is 5.69 Å². The number of aromatic amines is 1. The van der Waals surface area contributed by atoms with Crippen molar-refractivity contribution in [3.05, 3.63) is 35.1 Å². The Hall–Kier alpha value is -1.95. The standard InChI is InChI=1S/C9H8ClN5O/c1-5-12-8(15-14-5)9(16)13-6-2-3-7(10)11-4-6/h2-4H,1H3,(H,13,16)(H,12,14,15). The van der Waals surface area contributed by atoms with Gasteiger partial charge in [-0.25, -0.2) is 9.97 Å². The molecular weight excluding hydrogens is 230 g/mol. The summed E-state index contributed by atoms with van der Waals surface area (Å²) in [7, 11) is 0. The van der Waals surface area contributed by atoms with Crippen molar-refractivity contribution in [3.63, 3.8) is 0 Å². The fourth-order valence-corrected chi connectivity index (χ4v) is 1.19. The second-order valence-corrected chi connectivity index (χ2v) is 3.46. The molecule has 0 bridgehead atoms. The Labute approximate surface area is 96.1 Å². The normalized spacial score (nSPS) is 10.1. The van der Waals surface area contributed by atoms with Gasteiger partial charge in [-0.1, -0.05) is 11.6 Å². The highest BCUT2D eigenvalue weighted by Gasteiger charge is 2.11. The van der Waals surface area contributed by atoms with Gasteiger partial charge in [0.05, 0.1) is 11.9 Å². The molecule has 0 spiro atoms. The average molecular weight is 238 g/mol. The molecule has 2 heterocycles. The molecule has 2 aromatic rings. The van der Waals surface area contributed by atoms with Crippen LogP contribution in [0.3, 0.4) is 0 Å². The molecule has 7 heteroatoms. The quantitative estimate of drug-likeness (QED) is 0.774. The third-order valence-electron chi connectivity index (χ3n) is 1.79. The molecule has 82 valence electrons. The van der Waals surface area contributed by atoms with E-state index in [2.05, 4.69) is 25.5 Å². The molecular formula is C9H8ClN5O. The number of rotatable bonds is 2. The largest absolute Gasteiger partial charge is 0.318 e. The Morgan fingerprint density at radius 1 is 1.50 bits per heavy atom. The summed E-state index contributed by atoms with van der Waals surface area (Å²) in [5.41, 5.74) is 0.539. The van der Waals surface area contributed by atoms with Crippen molar-refractivity contribution < 1.29 is 4.79 Å². The van der Waals surface area contributed by atoms with Gasteiger partial charge in [0.15, 0.2) is 0 Å². The van der Waals surface area contributed by atoms with E-state index in [9.17, 15) is 4.79 Å². The smallest absolute Gasteiger partial charge is 0.295 e. The van der Waals surface area contributed by atoms with Crippen molar-refractivity contribution in [2.45, 2.75) is 6.92 Å². The number of H-pyrrole nitrogens is 1. The molecule has 0 saturated carbocycles. The molecule has 0 saturated heterocycles. The molecule has 2 aromatic heterocycles. The maximum Gasteiger partial charge on any atom is 0.295 e. The summed E-state index contributed by atoms with van der Waals surface area (Å²) in [4.78, 5) is 19.3. The van der Waals surface area contributed by atoms with Gasteiger partial charge in [-0.2, -0.15) is 0 Å². The van der Waals surface area contributed by atoms with Crippen LogP contribution < -0.4 is 5.32 Å². The minimum atomic E-state index is -0.395. The van der Waals surface area contributed by atoms with Crippen LogP contribution >= 0.6 is 11.6 Å². The van der Waals surface area contributed by atoms with Gasteiger partial charge in [0, 0.05) is 0 Å². The zero-order valence-corrected chi connectivity index (χ0v) is 9.12. The van der Waals surface area contributed by atoms with E-state index in [1.807, 2.05) is 0 Å². The molecule has 0 unspecified atom stereocenters. The van der Waals surface area contributed by atoms with Crippen LogP contribution in [-0.4, -0.2) is 26.1 Å². The highest BCUT2D eigenvalue weighted by atomic mass is 35.5. The lowest BCUT2D eigenvalue weighted by atomic mass is 10.4. The van der Waals surface area contributed by atoms with E-state index in [0.717, 1.165) is 0 Å². The summed E-state index contributed by atoms with van der Waals surface area (Å²) in [6.07, 6.45) is 1.46. The lowest BCUT2D eigenvalue weighted by Gasteiger charge is -2.00. The van der Waals surface area contributed by atoms with Gasteiger partial charge in [0.2, 0.25) is 5.82 Å². The molecule has 0 fully saturated rings. The van der Waals surface area contributed by atoms with Crippen LogP contribution in [0.5, 0.6) is 0 Å². The van der Waals surface area contributed by atoms with Crippen LogP contribution in [0.15, 0.2) is 18.3 Å². The van der Waals surface area contributed by atoms with Gasteiger partial charge in [-0.15, -0.1) is 5.10 Å². The predicted molar refractivity (Wildman–Crippen MR) is 58.3 cm³/mol. The molecule has 0 radical (unpaired) electrons. The number of nitrogens with one attached hydrogen (secondary N) is 2. The number of aryl methyl sites for hydroxylation is 1. The van der Waals surface area contributed by atoms with E-state index in [4.69, 9.17) is 11.6 Å². The minimum Gasteiger partial charge on any atom is -0.318 e. The Morgan fingerprint density at radius 3 is 2.88 bits per heavy atom. The molecule has 2 N–H and O–H groups in total. The van der Waals surface area contributed by atoms with Crippen LogP contribution in [0.2, 0.25) is 5.15 Å². The van der Waals surface area contributed by atoms with Gasteiger partial charge in [-0.05, 0) is 19.1 Å². The highest BCUT2D eigenvalue weighted by molar-refractivity contribution is 6.29. The zero-order valence-electron chi connectivity index (χ0n) is 8.36. The zero-order chi connectivity index (χ0) is 11.5. The monoisotopic (exact) mass is 237 g/mol. The molecule has 0 atom stereocenters. The van der Waals surface area contributed by atoms with Gasteiger partial charge >= 0.3 is 0 Å². The summed E-state index contributed by atoms with van der Waals surface area (Å²) >= 11 is 5.62. The number of pyridine rings is 1. The van der Waals surface area contributed by atoms with Crippen molar-refractivity contribution in [3.8, 4) is 0 Å². The van der Waals surface area contributed by atoms with Crippen molar-refractivity contribution >= 4 is 23.2 Å². The first-order valence-corrected chi connectivity index (χ1v) is 4.85. The molecule has 0 aliphatic rings. The number of nitrogens with zero attached hydrogens (tertiary/aromatic N) is 3. The Bertz CT molecular complexity index is 507. The number of hydrogen-bond acceptors (Lipinski definition) is 4. The van der Waals surface area contributed by atoms with Crippen LogP contribution in [-0.2, 0) is 0 Å². The van der Waals surface area contributed by atoms with Crippen LogP contribution in [0.1, 0.15) is 16.4 Å². The topological polar surface area (TPSA) is 83.6 Å². The van der Waals surface area contributed by atoms with Gasteiger partial charge in [0.1, 0.15) is 11.0 Å². The third kappa shape index (κ3) is 2.34. The first-order chi connectivity index (χ1) is 7.65. The van der Waals surface area contributed by atoms with Crippen molar-refractivity contribution in [1.29, 1.82) is 0 Å². The summed E-state index contributed by atoms with van der Waals surface area (Å²) in [5.74, 6) is 0.278. The summed E-state index contributed by atoms with van der Waals surface area (Å²) in [6.45, 7) is 1.72. The molecule has 2 rings (SSSR count). The Morgan fingerprint density at radius 2 is 2.31 bits per heavy atom. The molecule has 6 nitrogen and oxygen atoms in total. The van der Waals surface area contributed by atoms with Gasteiger partial charge < -0.3 is 5.32 Å². The Balaban J connectivity index is 2.10. The fraction of sp³-hybridized carbons (Fsp3) is 0.111. The summed E-state index contributed by atoms with van der Waals surface area (Å²) < 4.78 is 0. The van der Waals surface area contributed by atoms with Crippen LogP contribution in [0, 0.1) is 6.92 Å². The SMILES string of the molecule is Cc1nc(C(=O)Nc2ccc(Cl)nc2)n[nH]1. The maximum atomic E-state index is 11.6. The van der Waals surface area contributed by atoms with Gasteiger partial charge in [0.25, 0.3) is 5.91 Å². The first kappa shape index (κ1) is 10.6. The number of amides is 1. The average Bonchev–Trinajstić information content (AvgIpc) is 2.68. The van der Waals surface area contributed by atoms with E-state index in [1.54, 1.807) is 19.1 Å². The van der Waals surface area contributed by atoms with Crippen molar-refractivity contribution in [1.82, 2.24) is 20.2 Å². The summed E-state index contributed by atoms with van der Waals surface area (Å²) in [5, 5.41) is 9.28. The fourth-order valence-electron chi connectivity index (χ4n) is 1.08. The van der Waals surface area contributed by atoms with E-state index in [1.165, 1.54) is 6.20 Å². The number of carbonyl (C=O) groups excluding carboxylic acids is 1. The van der Waals surface area contributed by atoms with E-state index in [-0.39, 0.29) is 5.82 Å². The van der Waals surface area contributed by atoms with E-state index >= 15 is 0 Å². The van der Waals surface area contributed by atoms with Crippen LogP contribution in [0.25, 0.3) is 0 Å². The number of halogens is 1. The number of aromatic nitrogens is 4. The lowest BCUT2D eigenvalue weighted by Crippen LogP contribution is -2.13. The Kier molecular flexibility index (Phi) is 2.82. The molecule has 16 heavy (non-hydrogen) atoms. The van der Waals surface area contributed by atoms with E-state index in [0.29, 0.717) is 16.7 Å². The number of carbonyl (C=O) groups is 1. The summed E-state index contributed by atoms with van der Waals surface area (Å²) in [6, 6.07) is 3.23. The highest BCUT2D eigenvalue weighted by Crippen LogP contribution is 2.10. The number of hydrogen-bond donors (Lipinski definition) is 2. The minimum absolute atomic E-state index is 0.0902. The maximum absolute atomic E-state index is 11.6. The second-order valence-electron chi connectivity index (χ2n) is 3.07. The molecule has 0 aliphatic heterocycles.